The minimum Gasteiger partial charge on any atom is -0.381 e. The number of amides is 2. The predicted molar refractivity (Wildman–Crippen MR) is 64.5 cm³/mol. The van der Waals surface area contributed by atoms with Crippen LogP contribution < -0.4 is 11.1 Å². The molecule has 1 unspecified atom stereocenters. The molecule has 0 bridgehead atoms. The molecule has 1 rings (SSSR count). The second-order valence-corrected chi connectivity index (χ2v) is 4.12. The van der Waals surface area contributed by atoms with E-state index in [2.05, 4.69) is 10.4 Å². The average Bonchev–Trinajstić information content (AvgIpc) is 2.61. The van der Waals surface area contributed by atoms with Crippen molar-refractivity contribution >= 4 is 11.8 Å². The molecule has 0 spiro atoms. The van der Waals surface area contributed by atoms with Crippen LogP contribution in [-0.4, -0.2) is 39.4 Å². The summed E-state index contributed by atoms with van der Waals surface area (Å²) >= 11 is 0. The van der Waals surface area contributed by atoms with Crippen molar-refractivity contribution in [2.45, 2.75) is 32.9 Å². The summed E-state index contributed by atoms with van der Waals surface area (Å²) in [6, 6.07) is 1.93. The maximum absolute atomic E-state index is 11.4. The Balaban J connectivity index is 2.33. The van der Waals surface area contributed by atoms with Gasteiger partial charge in [-0.25, -0.2) is 0 Å². The second-order valence-electron chi connectivity index (χ2n) is 4.12. The molecule has 0 aliphatic carbocycles. The minimum atomic E-state index is -1.34. The summed E-state index contributed by atoms with van der Waals surface area (Å²) in [7, 11) is 0. The number of aromatic nitrogens is 2. The highest BCUT2D eigenvalue weighted by atomic mass is 16.3. The third-order valence-corrected chi connectivity index (χ3v) is 2.48. The monoisotopic (exact) mass is 254 g/mol. The lowest BCUT2D eigenvalue weighted by Crippen LogP contribution is -2.40. The van der Waals surface area contributed by atoms with Gasteiger partial charge in [-0.3, -0.25) is 14.3 Å². The molecule has 0 fully saturated rings. The van der Waals surface area contributed by atoms with Gasteiger partial charge in [0, 0.05) is 18.7 Å². The molecule has 100 valence electrons. The van der Waals surface area contributed by atoms with Gasteiger partial charge in [0.15, 0.2) is 0 Å². The summed E-state index contributed by atoms with van der Waals surface area (Å²) in [5.41, 5.74) is 6.74. The Morgan fingerprint density at radius 1 is 1.56 bits per heavy atom. The zero-order chi connectivity index (χ0) is 13.7. The minimum absolute atomic E-state index is 0.161. The zero-order valence-corrected chi connectivity index (χ0v) is 10.5. The molecule has 1 heterocycles. The van der Waals surface area contributed by atoms with E-state index in [1.807, 2.05) is 19.9 Å². The molecule has 1 atom stereocenters. The molecule has 2 amide bonds. The van der Waals surface area contributed by atoms with Crippen molar-refractivity contribution in [1.29, 1.82) is 0 Å². The number of nitrogens with two attached hydrogens (primary N) is 1. The van der Waals surface area contributed by atoms with Crippen LogP contribution in [0.15, 0.2) is 6.07 Å². The van der Waals surface area contributed by atoms with Crippen LogP contribution >= 0.6 is 0 Å². The Morgan fingerprint density at radius 2 is 2.22 bits per heavy atom. The Morgan fingerprint density at radius 3 is 2.72 bits per heavy atom. The number of carbonyl (C=O) groups is 2. The molecule has 18 heavy (non-hydrogen) atoms. The van der Waals surface area contributed by atoms with Gasteiger partial charge in [0.1, 0.15) is 6.10 Å². The second kappa shape index (κ2) is 6.15. The van der Waals surface area contributed by atoms with E-state index < -0.39 is 12.0 Å². The van der Waals surface area contributed by atoms with Crippen molar-refractivity contribution in [3.63, 3.8) is 0 Å². The van der Waals surface area contributed by atoms with E-state index in [-0.39, 0.29) is 18.9 Å². The lowest BCUT2D eigenvalue weighted by Gasteiger charge is -2.09. The van der Waals surface area contributed by atoms with Gasteiger partial charge in [0.25, 0.3) is 0 Å². The molecule has 4 N–H and O–H groups in total. The van der Waals surface area contributed by atoms with Crippen LogP contribution in [0.4, 0.5) is 0 Å². The molecule has 0 aliphatic heterocycles. The van der Waals surface area contributed by atoms with Gasteiger partial charge in [-0.1, -0.05) is 0 Å². The van der Waals surface area contributed by atoms with Crippen molar-refractivity contribution in [1.82, 2.24) is 15.1 Å². The summed E-state index contributed by atoms with van der Waals surface area (Å²) in [6.07, 6.45) is -1.12. The third-order valence-electron chi connectivity index (χ3n) is 2.48. The van der Waals surface area contributed by atoms with Crippen LogP contribution in [0, 0.1) is 13.8 Å². The van der Waals surface area contributed by atoms with E-state index in [9.17, 15) is 9.59 Å². The molecule has 0 aromatic carbocycles. The number of aliphatic hydroxyl groups excluding tert-OH is 1. The van der Waals surface area contributed by atoms with Crippen LogP contribution in [-0.2, 0) is 16.1 Å². The van der Waals surface area contributed by atoms with Crippen LogP contribution in [0.3, 0.4) is 0 Å². The first-order chi connectivity index (χ1) is 8.40. The lowest BCUT2D eigenvalue weighted by molar-refractivity contribution is -0.127. The van der Waals surface area contributed by atoms with E-state index >= 15 is 0 Å². The van der Waals surface area contributed by atoms with Gasteiger partial charge in [-0.15, -0.1) is 0 Å². The average molecular weight is 254 g/mol. The number of aryl methyl sites for hydroxylation is 3. The van der Waals surface area contributed by atoms with Crippen molar-refractivity contribution in [3.05, 3.63) is 17.5 Å². The number of hydrogen-bond donors (Lipinski definition) is 3. The number of nitrogens with zero attached hydrogens (tertiary/aromatic N) is 2. The normalized spacial score (nSPS) is 12.2. The summed E-state index contributed by atoms with van der Waals surface area (Å²) in [4.78, 5) is 22.0. The molecular weight excluding hydrogens is 236 g/mol. The van der Waals surface area contributed by atoms with Crippen LogP contribution in [0.2, 0.25) is 0 Å². The number of hydrogen-bond acceptors (Lipinski definition) is 4. The van der Waals surface area contributed by atoms with Gasteiger partial charge < -0.3 is 16.2 Å². The van der Waals surface area contributed by atoms with Crippen LogP contribution in [0.5, 0.6) is 0 Å². The summed E-state index contributed by atoms with van der Waals surface area (Å²) in [5, 5.41) is 15.7. The standard InChI is InChI=1S/C11H18N4O3/c1-7-5-8(2)15(14-7)4-3-10(17)13-6-9(16)11(12)18/h5,9,16H,3-4,6H2,1-2H3,(H2,12,18)(H,13,17). The fourth-order valence-corrected chi connectivity index (χ4v) is 1.51. The topological polar surface area (TPSA) is 110 Å². The fraction of sp³-hybridized carbons (Fsp3) is 0.545. The molecule has 7 heteroatoms. The molecule has 0 aliphatic rings. The molecule has 0 saturated carbocycles. The van der Waals surface area contributed by atoms with Crippen LogP contribution in [0.1, 0.15) is 17.8 Å². The first kappa shape index (κ1) is 14.2. The number of rotatable bonds is 6. The quantitative estimate of drug-likeness (QED) is 0.595. The number of nitrogens with one attached hydrogen (secondary N) is 1. The first-order valence-corrected chi connectivity index (χ1v) is 5.65. The maximum Gasteiger partial charge on any atom is 0.248 e. The van der Waals surface area contributed by atoms with E-state index in [4.69, 9.17) is 10.8 Å². The molecule has 0 saturated heterocycles. The van der Waals surface area contributed by atoms with Crippen molar-refractivity contribution in [3.8, 4) is 0 Å². The van der Waals surface area contributed by atoms with Gasteiger partial charge in [-0.05, 0) is 19.9 Å². The molecular formula is C11H18N4O3. The van der Waals surface area contributed by atoms with Gasteiger partial charge in [0.2, 0.25) is 11.8 Å². The first-order valence-electron chi connectivity index (χ1n) is 5.65. The van der Waals surface area contributed by atoms with E-state index in [1.54, 1.807) is 4.68 Å². The summed E-state index contributed by atoms with van der Waals surface area (Å²) in [5.74, 6) is -1.11. The maximum atomic E-state index is 11.4. The van der Waals surface area contributed by atoms with E-state index in [0.29, 0.717) is 6.54 Å². The SMILES string of the molecule is Cc1cc(C)n(CCC(=O)NCC(O)C(N)=O)n1. The summed E-state index contributed by atoms with van der Waals surface area (Å²) < 4.78 is 1.74. The number of carbonyl (C=O) groups excluding carboxylic acids is 2. The highest BCUT2D eigenvalue weighted by Gasteiger charge is 2.12. The lowest BCUT2D eigenvalue weighted by atomic mass is 10.3. The van der Waals surface area contributed by atoms with E-state index in [0.717, 1.165) is 11.4 Å². The van der Waals surface area contributed by atoms with Crippen molar-refractivity contribution in [2.75, 3.05) is 6.54 Å². The molecule has 1 aromatic heterocycles. The van der Waals surface area contributed by atoms with Gasteiger partial charge in [-0.2, -0.15) is 5.10 Å². The van der Waals surface area contributed by atoms with Gasteiger partial charge in [0.05, 0.1) is 12.2 Å². The third kappa shape index (κ3) is 4.17. The largest absolute Gasteiger partial charge is 0.381 e. The Kier molecular flexibility index (Phi) is 4.85. The highest BCUT2D eigenvalue weighted by molar-refractivity contribution is 5.80. The zero-order valence-electron chi connectivity index (χ0n) is 10.5. The Bertz CT molecular complexity index is 441. The number of primary amides is 1. The smallest absolute Gasteiger partial charge is 0.248 e. The fourth-order valence-electron chi connectivity index (χ4n) is 1.51. The predicted octanol–water partition coefficient (Wildman–Crippen LogP) is -1.15. The molecule has 7 nitrogen and oxygen atoms in total. The molecule has 0 radical (unpaired) electrons. The number of aliphatic hydroxyl groups is 1. The molecule has 1 aromatic rings. The van der Waals surface area contributed by atoms with E-state index in [1.165, 1.54) is 0 Å². The summed E-state index contributed by atoms with van der Waals surface area (Å²) in [6.45, 7) is 4.09. The van der Waals surface area contributed by atoms with Gasteiger partial charge >= 0.3 is 0 Å². The van der Waals surface area contributed by atoms with Crippen LogP contribution in [0.25, 0.3) is 0 Å². The Hall–Kier alpha value is -1.89. The van der Waals surface area contributed by atoms with Crippen molar-refractivity contribution < 1.29 is 14.7 Å². The van der Waals surface area contributed by atoms with Crippen molar-refractivity contribution in [2.24, 2.45) is 5.73 Å². The Labute approximate surface area is 105 Å². The highest BCUT2D eigenvalue weighted by Crippen LogP contribution is 2.02.